The molecule has 12 heavy (non-hydrogen) atoms. The number of rotatable bonds is 0. The normalized spacial score (nSPS) is 10.3. The molecule has 0 saturated heterocycles. The molecule has 0 atom stereocenters. The highest BCUT2D eigenvalue weighted by Gasteiger charge is 1.97. The lowest BCUT2D eigenvalue weighted by Gasteiger charge is -1.91. The largest absolute Gasteiger partial charge is 0.315 e. The van der Waals surface area contributed by atoms with Crippen LogP contribution in [0.25, 0.3) is 11.0 Å². The average molecular weight is 164 g/mol. The van der Waals surface area contributed by atoms with Crippen LogP contribution in [0.2, 0.25) is 0 Å². The maximum atomic E-state index is 10.8. The first kappa shape index (κ1) is 6.71. The lowest BCUT2D eigenvalue weighted by atomic mass is 10.4. The summed E-state index contributed by atoms with van der Waals surface area (Å²) in [6.07, 6.45) is 2.74. The first-order valence-electron chi connectivity index (χ1n) is 3.20. The number of fused-ring (bicyclic) bond motifs is 1. The van der Waals surface area contributed by atoms with Crippen LogP contribution in [0.1, 0.15) is 0 Å². The van der Waals surface area contributed by atoms with Crippen LogP contribution in [0.5, 0.6) is 0 Å². The third-order valence-corrected chi connectivity index (χ3v) is 1.43. The van der Waals surface area contributed by atoms with Gasteiger partial charge in [0.05, 0.1) is 23.4 Å². The first-order chi connectivity index (χ1) is 5.77. The van der Waals surface area contributed by atoms with Gasteiger partial charge in [-0.15, -0.1) is 0 Å². The monoisotopic (exact) mass is 164 g/mol. The van der Waals surface area contributed by atoms with Gasteiger partial charge in [-0.05, 0) is 0 Å². The van der Waals surface area contributed by atoms with Crippen LogP contribution >= 0.6 is 0 Å². The molecule has 0 aliphatic rings. The average Bonchev–Trinajstić information content (AvgIpc) is 2.07. The van der Waals surface area contributed by atoms with E-state index in [1.54, 1.807) is 0 Å². The maximum absolute atomic E-state index is 10.8. The number of nitrogens with one attached hydrogen (secondary N) is 2. The zero-order valence-electron chi connectivity index (χ0n) is 5.87. The lowest BCUT2D eigenvalue weighted by molar-refractivity contribution is 1.02. The molecule has 0 aromatic carbocycles. The Bertz CT molecular complexity index is 478. The number of hydrogen-bond acceptors (Lipinski definition) is 4. The number of H-pyrrole nitrogens is 2. The van der Waals surface area contributed by atoms with Crippen LogP contribution < -0.4 is 11.1 Å². The summed E-state index contributed by atoms with van der Waals surface area (Å²) < 4.78 is 0. The second-order valence-electron chi connectivity index (χ2n) is 2.22. The Morgan fingerprint density at radius 2 is 1.33 bits per heavy atom. The molecule has 2 aromatic rings. The van der Waals surface area contributed by atoms with Gasteiger partial charge in [0.15, 0.2) is 0 Å². The summed E-state index contributed by atoms with van der Waals surface area (Å²) in [5.41, 5.74) is -0.435. The summed E-state index contributed by atoms with van der Waals surface area (Å²) >= 11 is 0. The van der Waals surface area contributed by atoms with Crippen LogP contribution in [-0.2, 0) is 0 Å². The fourth-order valence-electron chi connectivity index (χ4n) is 0.879. The Labute approximate surface area is 65.3 Å². The second-order valence-corrected chi connectivity index (χ2v) is 2.22. The molecule has 60 valence electrons. The van der Waals surface area contributed by atoms with E-state index < -0.39 is 11.1 Å². The molecule has 0 radical (unpaired) electrons. The minimum Gasteiger partial charge on any atom is -0.315 e. The fourth-order valence-corrected chi connectivity index (χ4v) is 0.879. The van der Waals surface area contributed by atoms with Crippen molar-refractivity contribution in [1.82, 2.24) is 20.2 Å². The molecule has 0 saturated carbocycles. The summed E-state index contributed by atoms with van der Waals surface area (Å²) in [5.74, 6) is 0. The van der Waals surface area contributed by atoms with E-state index >= 15 is 0 Å². The summed E-state index contributed by atoms with van der Waals surface area (Å²) in [6.45, 7) is 0. The molecule has 0 fully saturated rings. The van der Waals surface area contributed by atoms with E-state index in [1.165, 1.54) is 12.4 Å². The van der Waals surface area contributed by atoms with E-state index in [4.69, 9.17) is 0 Å². The van der Waals surface area contributed by atoms with Crippen molar-refractivity contribution in [1.29, 1.82) is 0 Å². The topological polar surface area (TPSA) is 91.5 Å². The Morgan fingerprint density at radius 1 is 0.917 bits per heavy atom. The maximum Gasteiger partial charge on any atom is 0.314 e. The molecule has 0 bridgehead atoms. The van der Waals surface area contributed by atoms with Gasteiger partial charge in [-0.2, -0.15) is 10.2 Å². The fraction of sp³-hybridized carbons (Fsp3) is 0. The molecular weight excluding hydrogens is 160 g/mol. The van der Waals surface area contributed by atoms with E-state index in [0.29, 0.717) is 11.0 Å². The minimum absolute atomic E-state index is 0.467. The number of nitrogens with zero attached hydrogens (tertiary/aromatic N) is 2. The Balaban J connectivity index is 3.03. The van der Waals surface area contributed by atoms with Gasteiger partial charge in [0.2, 0.25) is 0 Å². The van der Waals surface area contributed by atoms with Gasteiger partial charge < -0.3 is 9.97 Å². The lowest BCUT2D eigenvalue weighted by Crippen LogP contribution is -2.28. The smallest absolute Gasteiger partial charge is 0.314 e. The molecule has 2 rings (SSSR count). The van der Waals surface area contributed by atoms with Crippen LogP contribution in [-0.4, -0.2) is 20.2 Å². The molecule has 6 nitrogen and oxygen atoms in total. The standard InChI is InChI=1S/C6H4N4O2/c11-5-6(12)10-4-2-8-7-1-3(4)9-5/h1-2H,(H,9,11)(H,10,12). The van der Waals surface area contributed by atoms with Crippen molar-refractivity contribution in [2.24, 2.45) is 0 Å². The van der Waals surface area contributed by atoms with Crippen LogP contribution in [0.3, 0.4) is 0 Å². The summed E-state index contributed by atoms with van der Waals surface area (Å²) in [6, 6.07) is 0. The number of aromatic amines is 2. The highest BCUT2D eigenvalue weighted by Crippen LogP contribution is 1.97. The van der Waals surface area contributed by atoms with Gasteiger partial charge >= 0.3 is 11.1 Å². The quantitative estimate of drug-likeness (QED) is 0.489. The van der Waals surface area contributed by atoms with Gasteiger partial charge in [-0.25, -0.2) is 0 Å². The Morgan fingerprint density at radius 3 is 1.75 bits per heavy atom. The molecule has 2 aromatic heterocycles. The third kappa shape index (κ3) is 0.895. The second kappa shape index (κ2) is 2.26. The Kier molecular flexibility index (Phi) is 1.26. The number of aromatic nitrogens is 4. The van der Waals surface area contributed by atoms with Crippen molar-refractivity contribution in [3.8, 4) is 0 Å². The molecule has 0 spiro atoms. The molecule has 0 amide bonds. The Hall–Kier alpha value is -1.98. The zero-order chi connectivity index (χ0) is 8.55. The van der Waals surface area contributed by atoms with E-state index in [0.717, 1.165) is 0 Å². The minimum atomic E-state index is -0.685. The van der Waals surface area contributed by atoms with Crippen molar-refractivity contribution in [3.05, 3.63) is 33.1 Å². The van der Waals surface area contributed by atoms with Crippen molar-refractivity contribution < 1.29 is 0 Å². The third-order valence-electron chi connectivity index (χ3n) is 1.43. The van der Waals surface area contributed by atoms with E-state index in [-0.39, 0.29) is 0 Å². The summed E-state index contributed by atoms with van der Waals surface area (Å²) in [5, 5.41) is 7.08. The van der Waals surface area contributed by atoms with Crippen molar-refractivity contribution in [2.45, 2.75) is 0 Å². The van der Waals surface area contributed by atoms with Crippen LogP contribution in [0.4, 0.5) is 0 Å². The molecule has 2 heterocycles. The first-order valence-corrected chi connectivity index (χ1v) is 3.20. The van der Waals surface area contributed by atoms with Gasteiger partial charge in [-0.1, -0.05) is 0 Å². The summed E-state index contributed by atoms with van der Waals surface area (Å²) in [7, 11) is 0. The van der Waals surface area contributed by atoms with E-state index in [9.17, 15) is 9.59 Å². The van der Waals surface area contributed by atoms with Crippen molar-refractivity contribution in [2.75, 3.05) is 0 Å². The molecule has 0 aliphatic heterocycles. The summed E-state index contributed by atoms with van der Waals surface area (Å²) in [4.78, 5) is 26.3. The predicted molar refractivity (Wildman–Crippen MR) is 40.8 cm³/mol. The molecule has 0 aliphatic carbocycles. The van der Waals surface area contributed by atoms with Gasteiger partial charge in [-0.3, -0.25) is 9.59 Å². The SMILES string of the molecule is O=c1[nH]c2cnncc2[nH]c1=O. The zero-order valence-corrected chi connectivity index (χ0v) is 5.87. The highest BCUT2D eigenvalue weighted by atomic mass is 16.2. The van der Waals surface area contributed by atoms with E-state index in [2.05, 4.69) is 20.2 Å². The van der Waals surface area contributed by atoms with Gasteiger partial charge in [0.1, 0.15) is 0 Å². The highest BCUT2D eigenvalue weighted by molar-refractivity contribution is 5.70. The van der Waals surface area contributed by atoms with Crippen molar-refractivity contribution >= 4 is 11.0 Å². The molecule has 2 N–H and O–H groups in total. The van der Waals surface area contributed by atoms with Crippen LogP contribution in [0.15, 0.2) is 22.0 Å². The number of hydrogen-bond donors (Lipinski definition) is 2. The van der Waals surface area contributed by atoms with Crippen LogP contribution in [0, 0.1) is 0 Å². The van der Waals surface area contributed by atoms with E-state index in [1.807, 2.05) is 0 Å². The van der Waals surface area contributed by atoms with Gasteiger partial charge in [0.25, 0.3) is 0 Å². The molecule has 6 heteroatoms. The van der Waals surface area contributed by atoms with Gasteiger partial charge in [0, 0.05) is 0 Å². The molecule has 0 unspecified atom stereocenters. The predicted octanol–water partition coefficient (Wildman–Crippen LogP) is -0.994. The molecular formula is C6H4N4O2. The van der Waals surface area contributed by atoms with Crippen molar-refractivity contribution in [3.63, 3.8) is 0 Å².